The van der Waals surface area contributed by atoms with Crippen LogP contribution < -0.4 is 20.5 Å². The van der Waals surface area contributed by atoms with E-state index in [0.29, 0.717) is 34.8 Å². The molecule has 2 aromatic heterocycles. The fourth-order valence-corrected chi connectivity index (χ4v) is 6.17. The average Bonchev–Trinajstić information content (AvgIpc) is 3.00. The first-order valence-electron chi connectivity index (χ1n) is 15.1. The number of amides is 1. The number of carbonyl (C=O) groups is 1. The van der Waals surface area contributed by atoms with Gasteiger partial charge in [0.1, 0.15) is 0 Å². The molecule has 0 saturated heterocycles. The summed E-state index contributed by atoms with van der Waals surface area (Å²) < 4.78 is 10.5. The Morgan fingerprint density at radius 3 is 2.37 bits per heavy atom. The molecule has 10 heteroatoms. The number of methoxy groups -OCH3 is 2. The lowest BCUT2D eigenvalue weighted by Gasteiger charge is -2.41. The number of nitrogens with zero attached hydrogens (tertiary/aromatic N) is 4. The van der Waals surface area contributed by atoms with E-state index in [0.717, 1.165) is 73.5 Å². The number of aryl methyl sites for hydroxylation is 2. The molecule has 1 fully saturated rings. The first kappa shape index (κ1) is 32.2. The van der Waals surface area contributed by atoms with Crippen molar-refractivity contribution >= 4 is 11.6 Å². The minimum Gasteiger partial charge on any atom is -0.480 e. The van der Waals surface area contributed by atoms with Gasteiger partial charge in [0.15, 0.2) is 0 Å². The molecule has 1 aliphatic rings. The Morgan fingerprint density at radius 1 is 1.05 bits per heavy atom. The number of H-pyrrole nitrogens is 1. The van der Waals surface area contributed by atoms with Crippen LogP contribution in [-0.4, -0.2) is 78.8 Å². The van der Waals surface area contributed by atoms with Crippen LogP contribution in [0.1, 0.15) is 65.3 Å². The van der Waals surface area contributed by atoms with Crippen LogP contribution in [-0.2, 0) is 11.3 Å². The highest BCUT2D eigenvalue weighted by molar-refractivity contribution is 5.98. The summed E-state index contributed by atoms with van der Waals surface area (Å²) >= 11 is 0. The van der Waals surface area contributed by atoms with Gasteiger partial charge in [-0.3, -0.25) is 9.59 Å². The van der Waals surface area contributed by atoms with Gasteiger partial charge in [0, 0.05) is 66.9 Å². The van der Waals surface area contributed by atoms with Gasteiger partial charge in [0.05, 0.1) is 31.8 Å². The quantitative estimate of drug-likeness (QED) is 0.319. The second-order valence-corrected chi connectivity index (χ2v) is 11.5. The number of hydrogen-bond donors (Lipinski definition) is 2. The molecule has 0 atom stereocenters. The van der Waals surface area contributed by atoms with Crippen LogP contribution in [0.5, 0.6) is 5.88 Å². The highest BCUT2D eigenvalue weighted by Gasteiger charge is 2.29. The molecule has 1 amide bonds. The van der Waals surface area contributed by atoms with E-state index in [4.69, 9.17) is 9.47 Å². The van der Waals surface area contributed by atoms with Gasteiger partial charge in [-0.1, -0.05) is 0 Å². The van der Waals surface area contributed by atoms with Crippen LogP contribution in [0.4, 0.5) is 5.69 Å². The maximum Gasteiger partial charge on any atom is 0.253 e. The lowest BCUT2D eigenvalue weighted by Crippen LogP contribution is -2.44. The molecule has 4 rings (SSSR count). The third-order valence-electron chi connectivity index (χ3n) is 8.71. The maximum atomic E-state index is 13.7. The minimum atomic E-state index is -0.235. The van der Waals surface area contributed by atoms with Crippen molar-refractivity contribution in [2.24, 2.45) is 0 Å². The predicted molar refractivity (Wildman–Crippen MR) is 170 cm³/mol. The fraction of sp³-hybridized carbons (Fsp3) is 0.515. The van der Waals surface area contributed by atoms with Gasteiger partial charge in [-0.15, -0.1) is 0 Å². The molecular weight excluding hydrogens is 544 g/mol. The van der Waals surface area contributed by atoms with E-state index in [1.54, 1.807) is 26.6 Å². The van der Waals surface area contributed by atoms with Crippen molar-refractivity contribution in [2.45, 2.75) is 72.0 Å². The summed E-state index contributed by atoms with van der Waals surface area (Å²) in [6.07, 6.45) is 7.61. The highest BCUT2D eigenvalue weighted by atomic mass is 16.5. The first-order chi connectivity index (χ1) is 20.7. The van der Waals surface area contributed by atoms with Crippen molar-refractivity contribution in [1.82, 2.24) is 25.2 Å². The van der Waals surface area contributed by atoms with E-state index in [2.05, 4.69) is 50.1 Å². The van der Waals surface area contributed by atoms with Gasteiger partial charge >= 0.3 is 0 Å². The van der Waals surface area contributed by atoms with Gasteiger partial charge in [-0.2, -0.15) is 0 Å². The molecule has 0 radical (unpaired) electrons. The Morgan fingerprint density at radius 2 is 1.77 bits per heavy atom. The van der Waals surface area contributed by atoms with Gasteiger partial charge in [-0.05, 0) is 89.8 Å². The zero-order chi connectivity index (χ0) is 31.1. The maximum absolute atomic E-state index is 13.7. The predicted octanol–water partition coefficient (Wildman–Crippen LogP) is 4.41. The van der Waals surface area contributed by atoms with Gasteiger partial charge in [-0.25, -0.2) is 9.97 Å². The standard InChI is InChI=1S/C33H46N6O4/c1-8-39(26-11-9-25(10-12-26)38(5)13-14-42-6)30-17-24(29-19-35-31(43-7)20-34-29)16-27(23(30)4)32(40)36-18-28-21(2)15-22(3)37-33(28)41/h15-17,19-20,25-26H,8-14,18H2,1-7H3,(H,36,40)(H,37,41)/t25-,26-. The van der Waals surface area contributed by atoms with Gasteiger partial charge in [0.25, 0.3) is 11.5 Å². The van der Waals surface area contributed by atoms with Gasteiger partial charge < -0.3 is 29.6 Å². The summed E-state index contributed by atoms with van der Waals surface area (Å²) in [5.41, 5.74) is 5.94. The Kier molecular flexibility index (Phi) is 10.9. The molecule has 1 aliphatic carbocycles. The highest BCUT2D eigenvalue weighted by Crippen LogP contribution is 2.35. The molecule has 2 N–H and O–H groups in total. The lowest BCUT2D eigenvalue weighted by molar-refractivity contribution is 0.0950. The number of ether oxygens (including phenoxy) is 2. The van der Waals surface area contributed by atoms with Crippen LogP contribution in [0, 0.1) is 20.8 Å². The fourth-order valence-electron chi connectivity index (χ4n) is 6.17. The normalized spacial score (nSPS) is 16.7. The van der Waals surface area contributed by atoms with E-state index >= 15 is 0 Å². The third kappa shape index (κ3) is 7.61. The number of benzene rings is 1. The van der Waals surface area contributed by atoms with E-state index in [-0.39, 0.29) is 18.0 Å². The second kappa shape index (κ2) is 14.6. The molecule has 43 heavy (non-hydrogen) atoms. The summed E-state index contributed by atoms with van der Waals surface area (Å²) in [6.45, 7) is 10.5. The second-order valence-electron chi connectivity index (χ2n) is 11.5. The number of rotatable bonds is 12. The summed E-state index contributed by atoms with van der Waals surface area (Å²) in [6, 6.07) is 6.81. The third-order valence-corrected chi connectivity index (χ3v) is 8.71. The van der Waals surface area contributed by atoms with Crippen LogP contribution >= 0.6 is 0 Å². The lowest BCUT2D eigenvalue weighted by atomic mass is 9.88. The SMILES string of the molecule is CCN(c1cc(-c2cnc(OC)cn2)cc(C(=O)NCc2c(C)cc(C)[nH]c2=O)c1C)[C@H]1CC[C@H](N(C)CCOC)CC1. The summed E-state index contributed by atoms with van der Waals surface area (Å²) in [4.78, 5) is 42.9. The van der Waals surface area contributed by atoms with Crippen molar-refractivity contribution in [1.29, 1.82) is 0 Å². The summed E-state index contributed by atoms with van der Waals surface area (Å²) in [7, 11) is 5.48. The Labute approximate surface area is 254 Å². The number of carbonyl (C=O) groups excluding carboxylic acids is 1. The van der Waals surface area contributed by atoms with Crippen molar-refractivity contribution in [3.8, 4) is 17.1 Å². The Hall–Kier alpha value is -3.76. The van der Waals surface area contributed by atoms with E-state index < -0.39 is 0 Å². The smallest absolute Gasteiger partial charge is 0.253 e. The van der Waals surface area contributed by atoms with Crippen molar-refractivity contribution < 1.29 is 14.3 Å². The van der Waals surface area contributed by atoms with Crippen molar-refractivity contribution in [2.75, 3.05) is 45.9 Å². The van der Waals surface area contributed by atoms with Crippen molar-refractivity contribution in [3.05, 3.63) is 68.9 Å². The number of likely N-dealkylation sites (N-methyl/N-ethyl adjacent to an activating group) is 1. The van der Waals surface area contributed by atoms with E-state index in [9.17, 15) is 9.59 Å². The molecule has 3 aromatic rings. The van der Waals surface area contributed by atoms with Gasteiger partial charge in [0.2, 0.25) is 5.88 Å². The average molecular weight is 591 g/mol. The summed E-state index contributed by atoms with van der Waals surface area (Å²) in [5, 5.41) is 3.00. The number of aromatic nitrogens is 3. The number of aromatic amines is 1. The number of pyridine rings is 1. The molecule has 2 heterocycles. The van der Waals surface area contributed by atoms with Crippen LogP contribution in [0.15, 0.2) is 35.4 Å². The Balaban J connectivity index is 1.65. The van der Waals surface area contributed by atoms with Crippen LogP contribution in [0.3, 0.4) is 0 Å². The van der Waals surface area contributed by atoms with Crippen LogP contribution in [0.25, 0.3) is 11.3 Å². The molecule has 0 aliphatic heterocycles. The zero-order valence-electron chi connectivity index (χ0n) is 26.6. The number of anilines is 1. The Bertz CT molecular complexity index is 1450. The van der Waals surface area contributed by atoms with Crippen molar-refractivity contribution in [3.63, 3.8) is 0 Å². The molecule has 1 saturated carbocycles. The zero-order valence-corrected chi connectivity index (χ0v) is 26.6. The first-order valence-corrected chi connectivity index (χ1v) is 15.1. The van der Waals surface area contributed by atoms with E-state index in [1.165, 1.54) is 0 Å². The molecule has 10 nitrogen and oxygen atoms in total. The topological polar surface area (TPSA) is 113 Å². The monoisotopic (exact) mass is 590 g/mol. The van der Waals surface area contributed by atoms with E-state index in [1.807, 2.05) is 32.9 Å². The van der Waals surface area contributed by atoms with Crippen LogP contribution in [0.2, 0.25) is 0 Å². The molecule has 0 bridgehead atoms. The molecule has 232 valence electrons. The summed E-state index contributed by atoms with van der Waals surface area (Å²) in [5.74, 6) is 0.191. The number of hydrogen-bond acceptors (Lipinski definition) is 8. The number of nitrogens with one attached hydrogen (secondary N) is 2. The molecule has 0 spiro atoms. The largest absolute Gasteiger partial charge is 0.480 e. The minimum absolute atomic E-state index is 0.139. The molecule has 0 unspecified atom stereocenters. The molecular formula is C33H46N6O4. The molecule has 1 aromatic carbocycles.